The van der Waals surface area contributed by atoms with Gasteiger partial charge >= 0.3 is 17.9 Å². The molecule has 0 aliphatic carbocycles. The largest absolute Gasteiger partial charge is 0.481 e. The van der Waals surface area contributed by atoms with Crippen molar-refractivity contribution in [1.29, 1.82) is 0 Å². The molecule has 2 atom stereocenters. The summed E-state index contributed by atoms with van der Waals surface area (Å²) in [6.07, 6.45) is -1.53. The molecule has 14 nitrogen and oxygen atoms in total. The standard InChI is InChI=1S/C29H33N5O9/c1-15-12-23-20(27(39)31-16(2)30-23)13-18(15)14-34(3)19-6-4-17(5-7-19)26(38)33-22(29(42)43)8-10-24(35)32-21(28(40)41)9-11-25(36)37/h4-7,12-13,21-22H,8-11,14H2,1-3H3,(H,32,35)(H,33,38)(H,36,37)(H,40,41)(H,42,43)(H,30,31,39)/t21-,22+/m1/s1. The second-order valence-electron chi connectivity index (χ2n) is 10.1. The van der Waals surface area contributed by atoms with Gasteiger partial charge in [0.25, 0.3) is 11.5 Å². The number of carboxylic acid groups (broad SMARTS) is 3. The van der Waals surface area contributed by atoms with Crippen LogP contribution in [-0.4, -0.2) is 74.1 Å². The van der Waals surface area contributed by atoms with Gasteiger partial charge in [0.2, 0.25) is 5.91 Å². The fourth-order valence-corrected chi connectivity index (χ4v) is 4.40. The minimum absolute atomic E-state index is 0.183. The van der Waals surface area contributed by atoms with Crippen LogP contribution >= 0.6 is 0 Å². The van der Waals surface area contributed by atoms with Gasteiger partial charge in [0.15, 0.2) is 0 Å². The van der Waals surface area contributed by atoms with Crippen molar-refractivity contribution in [2.75, 3.05) is 11.9 Å². The van der Waals surface area contributed by atoms with Crippen molar-refractivity contribution in [3.05, 3.63) is 69.3 Å². The summed E-state index contributed by atoms with van der Waals surface area (Å²) in [7, 11) is 1.85. The lowest BCUT2D eigenvalue weighted by Gasteiger charge is -2.21. The number of aromatic nitrogens is 2. The average molecular weight is 596 g/mol. The molecule has 2 amide bonds. The zero-order chi connectivity index (χ0) is 31.8. The van der Waals surface area contributed by atoms with Crippen LogP contribution in [0.25, 0.3) is 10.9 Å². The fourth-order valence-electron chi connectivity index (χ4n) is 4.40. The zero-order valence-corrected chi connectivity index (χ0v) is 23.8. The maximum Gasteiger partial charge on any atom is 0.326 e. The number of carbonyl (C=O) groups excluding carboxylic acids is 2. The number of rotatable bonds is 14. The lowest BCUT2D eigenvalue weighted by Crippen LogP contribution is -2.44. The summed E-state index contributed by atoms with van der Waals surface area (Å²) in [4.78, 5) is 80.0. The molecule has 228 valence electrons. The van der Waals surface area contributed by atoms with E-state index in [9.17, 15) is 33.9 Å². The summed E-state index contributed by atoms with van der Waals surface area (Å²) in [5.74, 6) is -4.96. The molecule has 0 radical (unpaired) electrons. The minimum atomic E-state index is -1.44. The van der Waals surface area contributed by atoms with Crippen LogP contribution in [0.5, 0.6) is 0 Å². The molecule has 0 aliphatic rings. The van der Waals surface area contributed by atoms with Crippen molar-refractivity contribution in [3.8, 4) is 0 Å². The monoisotopic (exact) mass is 595 g/mol. The lowest BCUT2D eigenvalue weighted by atomic mass is 10.0. The Morgan fingerprint density at radius 3 is 2.12 bits per heavy atom. The SMILES string of the molecule is Cc1nc2cc(C)c(CN(C)c3ccc(C(=O)N[C@@H](CCC(=O)N[C@H](CCC(=O)O)C(=O)O)C(=O)O)cc3)cc2c(=O)[nH]1. The molecular weight excluding hydrogens is 562 g/mol. The highest BCUT2D eigenvalue weighted by atomic mass is 16.4. The van der Waals surface area contributed by atoms with Crippen LogP contribution in [0.15, 0.2) is 41.2 Å². The van der Waals surface area contributed by atoms with Gasteiger partial charge in [0.05, 0.1) is 10.9 Å². The topological polar surface area (TPSA) is 219 Å². The molecule has 6 N–H and O–H groups in total. The van der Waals surface area contributed by atoms with E-state index in [-0.39, 0.29) is 24.0 Å². The number of H-pyrrole nitrogens is 1. The molecule has 2 aromatic carbocycles. The van der Waals surface area contributed by atoms with Gasteiger partial charge in [-0.1, -0.05) is 0 Å². The van der Waals surface area contributed by atoms with Crippen molar-refractivity contribution < 1.29 is 39.3 Å². The van der Waals surface area contributed by atoms with E-state index in [0.717, 1.165) is 16.8 Å². The third kappa shape index (κ3) is 8.86. The normalized spacial score (nSPS) is 12.3. The Bertz CT molecular complexity index is 1600. The quantitative estimate of drug-likeness (QED) is 0.157. The van der Waals surface area contributed by atoms with Gasteiger partial charge in [-0.3, -0.25) is 19.2 Å². The van der Waals surface area contributed by atoms with Crippen LogP contribution in [0.2, 0.25) is 0 Å². The summed E-state index contributed by atoms with van der Waals surface area (Å²) >= 11 is 0. The Hall–Kier alpha value is -5.27. The van der Waals surface area contributed by atoms with Gasteiger partial charge in [-0.05, 0) is 74.2 Å². The van der Waals surface area contributed by atoms with Crippen molar-refractivity contribution >= 4 is 46.3 Å². The Labute approximate surface area is 245 Å². The molecule has 1 aromatic heterocycles. The molecule has 0 saturated carbocycles. The summed E-state index contributed by atoms with van der Waals surface area (Å²) in [6.45, 7) is 4.11. The molecule has 0 spiro atoms. The number of amides is 2. The number of carbonyl (C=O) groups is 5. The number of nitrogens with one attached hydrogen (secondary N) is 3. The van der Waals surface area contributed by atoms with E-state index in [1.165, 1.54) is 12.1 Å². The highest BCUT2D eigenvalue weighted by molar-refractivity contribution is 5.97. The lowest BCUT2D eigenvalue weighted by molar-refractivity contribution is -0.143. The second kappa shape index (κ2) is 14.1. The van der Waals surface area contributed by atoms with Gasteiger partial charge in [-0.2, -0.15) is 0 Å². The van der Waals surface area contributed by atoms with Crippen LogP contribution in [0.1, 0.15) is 53.0 Å². The first-order valence-corrected chi connectivity index (χ1v) is 13.3. The predicted molar refractivity (Wildman–Crippen MR) is 155 cm³/mol. The number of aryl methyl sites for hydroxylation is 2. The first kappa shape index (κ1) is 32.2. The smallest absolute Gasteiger partial charge is 0.326 e. The van der Waals surface area contributed by atoms with E-state index >= 15 is 0 Å². The molecule has 0 aliphatic heterocycles. The third-order valence-electron chi connectivity index (χ3n) is 6.80. The fraction of sp³-hybridized carbons (Fsp3) is 0.345. The molecule has 0 saturated heterocycles. The summed E-state index contributed by atoms with van der Waals surface area (Å²) in [6, 6.07) is 7.23. The highest BCUT2D eigenvalue weighted by Crippen LogP contribution is 2.21. The molecule has 3 rings (SSSR count). The third-order valence-corrected chi connectivity index (χ3v) is 6.80. The first-order valence-electron chi connectivity index (χ1n) is 13.3. The molecule has 43 heavy (non-hydrogen) atoms. The van der Waals surface area contributed by atoms with E-state index in [0.29, 0.717) is 23.3 Å². The van der Waals surface area contributed by atoms with Crippen LogP contribution in [-0.2, 0) is 25.7 Å². The Morgan fingerprint density at radius 1 is 0.907 bits per heavy atom. The van der Waals surface area contributed by atoms with E-state index in [1.54, 1.807) is 25.1 Å². The van der Waals surface area contributed by atoms with Crippen molar-refractivity contribution in [3.63, 3.8) is 0 Å². The number of carboxylic acids is 3. The van der Waals surface area contributed by atoms with Crippen LogP contribution in [0.4, 0.5) is 5.69 Å². The van der Waals surface area contributed by atoms with Crippen LogP contribution in [0, 0.1) is 13.8 Å². The summed E-state index contributed by atoms with van der Waals surface area (Å²) in [5, 5.41) is 32.4. The highest BCUT2D eigenvalue weighted by Gasteiger charge is 2.25. The van der Waals surface area contributed by atoms with E-state index in [4.69, 9.17) is 10.2 Å². The molecule has 3 aromatic rings. The molecule has 0 bridgehead atoms. The predicted octanol–water partition coefficient (Wildman–Crippen LogP) is 1.57. The summed E-state index contributed by atoms with van der Waals surface area (Å²) < 4.78 is 0. The zero-order valence-electron chi connectivity index (χ0n) is 23.8. The van der Waals surface area contributed by atoms with Crippen molar-refractivity contribution in [1.82, 2.24) is 20.6 Å². The molecule has 1 heterocycles. The van der Waals surface area contributed by atoms with Crippen LogP contribution in [0.3, 0.4) is 0 Å². The maximum absolute atomic E-state index is 12.8. The molecule has 0 fully saturated rings. The number of fused-ring (bicyclic) bond motifs is 1. The Morgan fingerprint density at radius 2 is 1.51 bits per heavy atom. The van der Waals surface area contributed by atoms with Gasteiger partial charge in [-0.25, -0.2) is 14.6 Å². The number of hydrogen-bond donors (Lipinski definition) is 6. The van der Waals surface area contributed by atoms with E-state index in [2.05, 4.69) is 20.6 Å². The van der Waals surface area contributed by atoms with Gasteiger partial charge in [0.1, 0.15) is 17.9 Å². The van der Waals surface area contributed by atoms with Crippen molar-refractivity contribution in [2.45, 2.75) is 58.2 Å². The average Bonchev–Trinajstić information content (AvgIpc) is 2.93. The second-order valence-corrected chi connectivity index (χ2v) is 10.1. The molecule has 0 unspecified atom stereocenters. The number of nitrogens with zero attached hydrogens (tertiary/aromatic N) is 2. The van der Waals surface area contributed by atoms with Crippen LogP contribution < -0.4 is 21.1 Å². The van der Waals surface area contributed by atoms with Gasteiger partial charge in [0, 0.05) is 37.7 Å². The maximum atomic E-state index is 12.8. The Balaban J connectivity index is 1.61. The number of benzene rings is 2. The Kier molecular flexibility index (Phi) is 10.6. The molecule has 14 heteroatoms. The molecular formula is C29H33N5O9. The number of hydrogen-bond acceptors (Lipinski definition) is 8. The van der Waals surface area contributed by atoms with Gasteiger partial charge in [-0.15, -0.1) is 0 Å². The number of aliphatic carboxylic acids is 3. The number of anilines is 1. The summed E-state index contributed by atoms with van der Waals surface area (Å²) in [5.41, 5.74) is 3.21. The number of aromatic amines is 1. The van der Waals surface area contributed by atoms with E-state index in [1.807, 2.05) is 24.9 Å². The van der Waals surface area contributed by atoms with Crippen molar-refractivity contribution in [2.24, 2.45) is 0 Å². The minimum Gasteiger partial charge on any atom is -0.481 e. The first-order chi connectivity index (χ1) is 20.2. The van der Waals surface area contributed by atoms with Gasteiger partial charge < -0.3 is 35.8 Å². The van der Waals surface area contributed by atoms with E-state index < -0.39 is 54.6 Å².